The molecule has 2 aromatic carbocycles. The zero-order valence-corrected chi connectivity index (χ0v) is 18.5. The smallest absolute Gasteiger partial charge is 0.407 e. The highest BCUT2D eigenvalue weighted by molar-refractivity contribution is 6.30. The number of likely N-dealkylation sites (tertiary alicyclic amines) is 1. The summed E-state index contributed by atoms with van der Waals surface area (Å²) in [6, 6.07) is 14.1. The normalized spacial score (nSPS) is 20.2. The third-order valence-electron chi connectivity index (χ3n) is 6.46. The minimum Gasteiger partial charge on any atom is -0.465 e. The summed E-state index contributed by atoms with van der Waals surface area (Å²) >= 11 is 6.24. The zero-order valence-electron chi connectivity index (χ0n) is 17.8. The maximum Gasteiger partial charge on any atom is 0.407 e. The van der Waals surface area contributed by atoms with E-state index in [-0.39, 0.29) is 30.9 Å². The van der Waals surface area contributed by atoms with E-state index in [9.17, 15) is 19.5 Å². The molecule has 32 heavy (non-hydrogen) atoms. The van der Waals surface area contributed by atoms with Gasteiger partial charge in [0.25, 0.3) is 11.8 Å². The molecule has 2 atom stereocenters. The highest BCUT2D eigenvalue weighted by Crippen LogP contribution is 2.39. The number of carbonyl (C=O) groups is 3. The number of piperidine rings is 1. The van der Waals surface area contributed by atoms with Crippen molar-refractivity contribution in [3.05, 3.63) is 70.2 Å². The molecule has 0 saturated carbocycles. The predicted octanol–water partition coefficient (Wildman–Crippen LogP) is 4.26. The lowest BCUT2D eigenvalue weighted by Gasteiger charge is -2.43. The standard InChI is InChI=1S/C24H25ClN2O5/c1-24(16-6-4-8-18(25)14-16,17-7-5-11-26(15-17)23(30)31)32-13-12-27-21(28)19-9-2-3-10-20(19)22(27)29/h2-4,6,8-10,14,17H,5,7,11-13,15H2,1H3,(H,30,31)/t17?,24-/m0/s1. The van der Waals surface area contributed by atoms with Gasteiger partial charge in [-0.1, -0.05) is 35.9 Å². The number of hydrogen-bond acceptors (Lipinski definition) is 4. The SMILES string of the molecule is C[C@](OCCN1C(=O)c2ccccc2C1=O)(c1cccc(Cl)c1)C1CCCN(C(=O)O)C1. The first-order valence-corrected chi connectivity index (χ1v) is 11.0. The Hall–Kier alpha value is -2.90. The molecule has 0 spiro atoms. The van der Waals surface area contributed by atoms with Gasteiger partial charge in [0, 0.05) is 24.0 Å². The first kappa shape index (κ1) is 22.3. The van der Waals surface area contributed by atoms with Gasteiger partial charge < -0.3 is 14.7 Å². The predicted molar refractivity (Wildman–Crippen MR) is 119 cm³/mol. The van der Waals surface area contributed by atoms with Gasteiger partial charge in [0.2, 0.25) is 0 Å². The van der Waals surface area contributed by atoms with E-state index < -0.39 is 11.7 Å². The van der Waals surface area contributed by atoms with E-state index >= 15 is 0 Å². The molecule has 2 heterocycles. The molecule has 1 saturated heterocycles. The van der Waals surface area contributed by atoms with Crippen LogP contribution in [0.4, 0.5) is 4.79 Å². The summed E-state index contributed by atoms with van der Waals surface area (Å²) in [6.07, 6.45) is 0.573. The van der Waals surface area contributed by atoms with Crippen molar-refractivity contribution in [3.8, 4) is 0 Å². The van der Waals surface area contributed by atoms with E-state index in [0.29, 0.717) is 29.2 Å². The number of nitrogens with zero attached hydrogens (tertiary/aromatic N) is 2. The molecular weight excluding hydrogens is 432 g/mol. The van der Waals surface area contributed by atoms with Crippen LogP contribution < -0.4 is 0 Å². The number of benzene rings is 2. The Labute approximate surface area is 191 Å². The van der Waals surface area contributed by atoms with Crippen LogP contribution in [0.1, 0.15) is 46.0 Å². The molecule has 1 unspecified atom stereocenters. The molecule has 168 valence electrons. The lowest BCUT2D eigenvalue weighted by molar-refractivity contribution is -0.0972. The topological polar surface area (TPSA) is 87.2 Å². The average Bonchev–Trinajstić information content (AvgIpc) is 3.04. The fourth-order valence-corrected chi connectivity index (χ4v) is 4.82. The minimum absolute atomic E-state index is 0.104. The molecule has 1 N–H and O–H groups in total. The van der Waals surface area contributed by atoms with Crippen molar-refractivity contribution in [2.45, 2.75) is 25.4 Å². The molecular formula is C24H25ClN2O5. The summed E-state index contributed by atoms with van der Waals surface area (Å²) in [7, 11) is 0. The van der Waals surface area contributed by atoms with Crippen molar-refractivity contribution in [1.82, 2.24) is 9.80 Å². The number of carbonyl (C=O) groups excluding carboxylic acids is 2. The Morgan fingerprint density at radius 2 is 1.84 bits per heavy atom. The van der Waals surface area contributed by atoms with Crippen molar-refractivity contribution in [3.63, 3.8) is 0 Å². The molecule has 3 amide bonds. The monoisotopic (exact) mass is 456 g/mol. The molecule has 0 bridgehead atoms. The summed E-state index contributed by atoms with van der Waals surface area (Å²) in [5, 5.41) is 10.0. The van der Waals surface area contributed by atoms with Gasteiger partial charge in [0.05, 0.1) is 29.9 Å². The Morgan fingerprint density at radius 1 is 1.16 bits per heavy atom. The van der Waals surface area contributed by atoms with Gasteiger partial charge in [-0.15, -0.1) is 0 Å². The van der Waals surface area contributed by atoms with Gasteiger partial charge in [-0.25, -0.2) is 4.79 Å². The summed E-state index contributed by atoms with van der Waals surface area (Å²) in [6.45, 7) is 2.99. The largest absolute Gasteiger partial charge is 0.465 e. The highest BCUT2D eigenvalue weighted by atomic mass is 35.5. The van der Waals surface area contributed by atoms with E-state index in [0.717, 1.165) is 18.4 Å². The van der Waals surface area contributed by atoms with E-state index in [2.05, 4.69) is 0 Å². The van der Waals surface area contributed by atoms with Gasteiger partial charge in [0.15, 0.2) is 0 Å². The van der Waals surface area contributed by atoms with Crippen molar-refractivity contribution in [2.24, 2.45) is 5.92 Å². The molecule has 2 aliphatic rings. The van der Waals surface area contributed by atoms with Crippen molar-refractivity contribution in [2.75, 3.05) is 26.2 Å². The first-order chi connectivity index (χ1) is 15.3. The number of rotatable bonds is 6. The molecule has 2 aliphatic heterocycles. The number of amides is 3. The third-order valence-corrected chi connectivity index (χ3v) is 6.70. The second kappa shape index (κ2) is 8.92. The summed E-state index contributed by atoms with van der Waals surface area (Å²) < 4.78 is 6.37. The number of hydrogen-bond donors (Lipinski definition) is 1. The summed E-state index contributed by atoms with van der Waals surface area (Å²) in [5.41, 5.74) is 0.807. The minimum atomic E-state index is -0.950. The molecule has 2 aromatic rings. The zero-order chi connectivity index (χ0) is 22.9. The molecule has 0 aliphatic carbocycles. The van der Waals surface area contributed by atoms with Crippen LogP contribution in [-0.4, -0.2) is 59.1 Å². The third kappa shape index (κ3) is 4.10. The molecule has 0 aromatic heterocycles. The maximum absolute atomic E-state index is 12.7. The lowest BCUT2D eigenvalue weighted by atomic mass is 9.78. The van der Waals surface area contributed by atoms with Crippen molar-refractivity contribution in [1.29, 1.82) is 0 Å². The van der Waals surface area contributed by atoms with Crippen LogP contribution >= 0.6 is 11.6 Å². The highest BCUT2D eigenvalue weighted by Gasteiger charge is 2.41. The maximum atomic E-state index is 12.7. The van der Waals surface area contributed by atoms with Gasteiger partial charge in [-0.3, -0.25) is 14.5 Å². The second-order valence-electron chi connectivity index (χ2n) is 8.34. The van der Waals surface area contributed by atoms with Crippen LogP contribution in [0.3, 0.4) is 0 Å². The van der Waals surface area contributed by atoms with Crippen LogP contribution in [0.5, 0.6) is 0 Å². The Kier molecular flexibility index (Phi) is 6.22. The molecule has 0 radical (unpaired) electrons. The van der Waals surface area contributed by atoms with E-state index in [4.69, 9.17) is 16.3 Å². The van der Waals surface area contributed by atoms with Gasteiger partial charge >= 0.3 is 6.09 Å². The van der Waals surface area contributed by atoms with Crippen molar-refractivity contribution < 1.29 is 24.2 Å². The summed E-state index contributed by atoms with van der Waals surface area (Å²) in [5.74, 6) is -0.755. The molecule has 4 rings (SSSR count). The quantitative estimate of drug-likeness (QED) is 0.656. The van der Waals surface area contributed by atoms with Gasteiger partial charge in [-0.05, 0) is 49.6 Å². The fraction of sp³-hybridized carbons (Fsp3) is 0.375. The van der Waals surface area contributed by atoms with Gasteiger partial charge in [0.1, 0.15) is 0 Å². The number of halogens is 1. The second-order valence-corrected chi connectivity index (χ2v) is 8.78. The van der Waals surface area contributed by atoms with E-state index in [1.165, 1.54) is 9.80 Å². The average molecular weight is 457 g/mol. The Bertz CT molecular complexity index is 1020. The van der Waals surface area contributed by atoms with Crippen molar-refractivity contribution >= 4 is 29.5 Å². The lowest BCUT2D eigenvalue weighted by Crippen LogP contribution is -2.48. The Balaban J connectivity index is 1.53. The van der Waals surface area contributed by atoms with Crippen LogP contribution in [0.25, 0.3) is 0 Å². The van der Waals surface area contributed by atoms with E-state index in [1.807, 2.05) is 25.1 Å². The van der Waals surface area contributed by atoms with Gasteiger partial charge in [-0.2, -0.15) is 0 Å². The van der Waals surface area contributed by atoms with Crippen LogP contribution in [0.15, 0.2) is 48.5 Å². The van der Waals surface area contributed by atoms with Crippen LogP contribution in [0, 0.1) is 5.92 Å². The number of fused-ring (bicyclic) bond motifs is 1. The van der Waals surface area contributed by atoms with Crippen LogP contribution in [0.2, 0.25) is 5.02 Å². The number of ether oxygens (including phenoxy) is 1. The first-order valence-electron chi connectivity index (χ1n) is 10.6. The summed E-state index contributed by atoms with van der Waals surface area (Å²) in [4.78, 5) is 39.5. The Morgan fingerprint density at radius 3 is 2.47 bits per heavy atom. The number of carboxylic acid groups (broad SMARTS) is 1. The molecule has 1 fully saturated rings. The molecule has 8 heteroatoms. The van der Waals surface area contributed by atoms with Crippen LogP contribution in [-0.2, 0) is 10.3 Å². The molecule has 7 nitrogen and oxygen atoms in total. The van der Waals surface area contributed by atoms with E-state index in [1.54, 1.807) is 30.3 Å². The fourth-order valence-electron chi connectivity index (χ4n) is 4.63. The number of imide groups is 1.